The lowest BCUT2D eigenvalue weighted by Crippen LogP contribution is -2.10. The van der Waals surface area contributed by atoms with Crippen LogP contribution < -0.4 is 10.1 Å². The zero-order valence-corrected chi connectivity index (χ0v) is 12.1. The molecule has 0 aliphatic heterocycles. The molecule has 5 nitrogen and oxygen atoms in total. The van der Waals surface area contributed by atoms with E-state index < -0.39 is 4.92 Å². The molecule has 2 aromatic carbocycles. The predicted molar refractivity (Wildman–Crippen MR) is 83.0 cm³/mol. The molecule has 0 heterocycles. The van der Waals surface area contributed by atoms with Crippen LogP contribution in [0.4, 0.5) is 11.4 Å². The molecule has 21 heavy (non-hydrogen) atoms. The first kappa shape index (κ1) is 14.8. The van der Waals surface area contributed by atoms with Crippen molar-refractivity contribution in [2.45, 2.75) is 12.8 Å². The molecule has 0 saturated carbocycles. The first-order valence-electron chi connectivity index (χ1n) is 6.73. The topological polar surface area (TPSA) is 64.4 Å². The predicted octanol–water partition coefficient (Wildman–Crippen LogP) is 3.82. The van der Waals surface area contributed by atoms with Crippen LogP contribution in [0.15, 0.2) is 48.5 Å². The van der Waals surface area contributed by atoms with Gasteiger partial charge in [0.1, 0.15) is 0 Å². The Bertz CT molecular complexity index is 614. The second-order valence-electron chi connectivity index (χ2n) is 4.84. The van der Waals surface area contributed by atoms with E-state index in [0.717, 1.165) is 12.2 Å². The Hall–Kier alpha value is -2.56. The SMILES string of the molecule is COc1cc(NCC(C)c2ccccc2)ccc1[N+](=O)[O-]. The highest BCUT2D eigenvalue weighted by molar-refractivity contribution is 5.58. The summed E-state index contributed by atoms with van der Waals surface area (Å²) in [5.41, 5.74) is 2.03. The van der Waals surface area contributed by atoms with E-state index in [1.807, 2.05) is 18.2 Å². The quantitative estimate of drug-likeness (QED) is 0.647. The van der Waals surface area contributed by atoms with Crippen molar-refractivity contribution in [3.63, 3.8) is 0 Å². The van der Waals surface area contributed by atoms with Crippen LogP contribution in [0.2, 0.25) is 0 Å². The molecule has 0 bridgehead atoms. The Morgan fingerprint density at radius 2 is 1.95 bits per heavy atom. The van der Waals surface area contributed by atoms with E-state index in [2.05, 4.69) is 24.4 Å². The van der Waals surface area contributed by atoms with Gasteiger partial charge in [0.25, 0.3) is 0 Å². The number of benzene rings is 2. The average molecular weight is 286 g/mol. The van der Waals surface area contributed by atoms with Gasteiger partial charge >= 0.3 is 5.69 Å². The van der Waals surface area contributed by atoms with E-state index >= 15 is 0 Å². The van der Waals surface area contributed by atoms with Gasteiger partial charge < -0.3 is 10.1 Å². The van der Waals surface area contributed by atoms with Gasteiger partial charge in [0.05, 0.1) is 12.0 Å². The van der Waals surface area contributed by atoms with E-state index in [1.165, 1.54) is 18.7 Å². The lowest BCUT2D eigenvalue weighted by Gasteiger charge is -2.14. The first-order chi connectivity index (χ1) is 10.1. The molecule has 2 aromatic rings. The lowest BCUT2D eigenvalue weighted by molar-refractivity contribution is -0.385. The smallest absolute Gasteiger partial charge is 0.311 e. The fraction of sp³-hybridized carbons (Fsp3) is 0.250. The van der Waals surface area contributed by atoms with Crippen molar-refractivity contribution in [3.8, 4) is 5.75 Å². The number of methoxy groups -OCH3 is 1. The molecule has 110 valence electrons. The zero-order valence-electron chi connectivity index (χ0n) is 12.1. The Labute approximate surface area is 123 Å². The van der Waals surface area contributed by atoms with Crippen molar-refractivity contribution in [2.24, 2.45) is 0 Å². The van der Waals surface area contributed by atoms with Crippen LogP contribution in [0.25, 0.3) is 0 Å². The minimum atomic E-state index is -0.449. The number of rotatable bonds is 6. The van der Waals surface area contributed by atoms with Gasteiger partial charge in [0.15, 0.2) is 5.75 Å². The van der Waals surface area contributed by atoms with Gasteiger partial charge in [0, 0.05) is 24.4 Å². The summed E-state index contributed by atoms with van der Waals surface area (Å²) in [6.45, 7) is 2.87. The molecule has 0 aliphatic carbocycles. The van der Waals surface area contributed by atoms with Crippen molar-refractivity contribution in [1.82, 2.24) is 0 Å². The third-order valence-corrected chi connectivity index (χ3v) is 3.36. The molecular formula is C16H18N2O3. The summed E-state index contributed by atoms with van der Waals surface area (Å²) in [5, 5.41) is 14.1. The molecule has 0 aliphatic rings. The van der Waals surface area contributed by atoms with Crippen LogP contribution in [0.3, 0.4) is 0 Å². The maximum absolute atomic E-state index is 10.8. The van der Waals surface area contributed by atoms with Crippen molar-refractivity contribution >= 4 is 11.4 Å². The van der Waals surface area contributed by atoms with Crippen molar-refractivity contribution in [2.75, 3.05) is 19.0 Å². The molecule has 1 N–H and O–H groups in total. The van der Waals surface area contributed by atoms with Gasteiger partial charge in [-0.25, -0.2) is 0 Å². The van der Waals surface area contributed by atoms with Crippen LogP contribution in [-0.4, -0.2) is 18.6 Å². The molecule has 0 spiro atoms. The second-order valence-corrected chi connectivity index (χ2v) is 4.84. The van der Waals surface area contributed by atoms with Gasteiger partial charge in [-0.05, 0) is 17.5 Å². The zero-order chi connectivity index (χ0) is 15.2. The number of ether oxygens (including phenoxy) is 1. The normalized spacial score (nSPS) is 11.7. The molecule has 2 rings (SSSR count). The Morgan fingerprint density at radius 3 is 2.57 bits per heavy atom. The number of nitrogens with zero attached hydrogens (tertiary/aromatic N) is 1. The molecule has 0 amide bonds. The van der Waals surface area contributed by atoms with Gasteiger partial charge in [-0.3, -0.25) is 10.1 Å². The van der Waals surface area contributed by atoms with Crippen LogP contribution in [0.5, 0.6) is 5.75 Å². The van der Waals surface area contributed by atoms with Crippen LogP contribution in [-0.2, 0) is 0 Å². The summed E-state index contributed by atoms with van der Waals surface area (Å²) in [6, 6.07) is 15.0. The number of nitrogens with one attached hydrogen (secondary N) is 1. The van der Waals surface area contributed by atoms with Crippen LogP contribution >= 0.6 is 0 Å². The lowest BCUT2D eigenvalue weighted by atomic mass is 10.0. The average Bonchev–Trinajstić information content (AvgIpc) is 2.52. The first-order valence-corrected chi connectivity index (χ1v) is 6.73. The van der Waals surface area contributed by atoms with Crippen molar-refractivity contribution < 1.29 is 9.66 Å². The summed E-state index contributed by atoms with van der Waals surface area (Å²) in [7, 11) is 1.43. The molecule has 1 atom stereocenters. The summed E-state index contributed by atoms with van der Waals surface area (Å²) in [5.74, 6) is 0.602. The number of nitro benzene ring substituents is 1. The van der Waals surface area contributed by atoms with Crippen molar-refractivity contribution in [3.05, 3.63) is 64.2 Å². The maximum atomic E-state index is 10.8. The number of nitro groups is 1. The minimum absolute atomic E-state index is 0.0286. The largest absolute Gasteiger partial charge is 0.490 e. The number of anilines is 1. The summed E-state index contributed by atoms with van der Waals surface area (Å²) >= 11 is 0. The van der Waals surface area contributed by atoms with E-state index in [1.54, 1.807) is 12.1 Å². The summed E-state index contributed by atoms with van der Waals surface area (Å²) < 4.78 is 5.06. The van der Waals surface area contributed by atoms with Crippen LogP contribution in [0.1, 0.15) is 18.4 Å². The summed E-state index contributed by atoms with van der Waals surface area (Å²) in [6.07, 6.45) is 0. The van der Waals surface area contributed by atoms with E-state index in [0.29, 0.717) is 5.92 Å². The van der Waals surface area contributed by atoms with E-state index in [9.17, 15) is 10.1 Å². The third kappa shape index (κ3) is 3.72. The van der Waals surface area contributed by atoms with E-state index in [4.69, 9.17) is 4.74 Å². The minimum Gasteiger partial charge on any atom is -0.490 e. The Balaban J connectivity index is 2.05. The molecule has 1 unspecified atom stereocenters. The highest BCUT2D eigenvalue weighted by Gasteiger charge is 2.14. The van der Waals surface area contributed by atoms with Gasteiger partial charge in [-0.15, -0.1) is 0 Å². The number of hydrogen-bond acceptors (Lipinski definition) is 4. The second kappa shape index (κ2) is 6.74. The molecule has 0 radical (unpaired) electrons. The highest BCUT2D eigenvalue weighted by atomic mass is 16.6. The standard InChI is InChI=1S/C16H18N2O3/c1-12(13-6-4-3-5-7-13)11-17-14-8-9-15(18(19)20)16(10-14)21-2/h3-10,12,17H,11H2,1-2H3. The van der Waals surface area contributed by atoms with Gasteiger partial charge in [-0.2, -0.15) is 0 Å². The molecule has 0 aromatic heterocycles. The van der Waals surface area contributed by atoms with Gasteiger partial charge in [-0.1, -0.05) is 37.3 Å². The monoisotopic (exact) mass is 286 g/mol. The van der Waals surface area contributed by atoms with Gasteiger partial charge in [0.2, 0.25) is 0 Å². The molecular weight excluding hydrogens is 268 g/mol. The Kier molecular flexibility index (Phi) is 4.77. The molecule has 0 fully saturated rings. The molecule has 0 saturated heterocycles. The van der Waals surface area contributed by atoms with E-state index in [-0.39, 0.29) is 11.4 Å². The third-order valence-electron chi connectivity index (χ3n) is 3.36. The van der Waals surface area contributed by atoms with Crippen LogP contribution in [0, 0.1) is 10.1 Å². The fourth-order valence-corrected chi connectivity index (χ4v) is 2.11. The van der Waals surface area contributed by atoms with Crippen molar-refractivity contribution in [1.29, 1.82) is 0 Å². The fourth-order valence-electron chi connectivity index (χ4n) is 2.11. The summed E-state index contributed by atoms with van der Waals surface area (Å²) in [4.78, 5) is 10.4. The Morgan fingerprint density at radius 1 is 1.24 bits per heavy atom. The molecule has 5 heteroatoms. The maximum Gasteiger partial charge on any atom is 0.311 e. The highest BCUT2D eigenvalue weighted by Crippen LogP contribution is 2.30. The number of hydrogen-bond donors (Lipinski definition) is 1.